The molecule has 5 nitrogen and oxygen atoms in total. The molecule has 0 spiro atoms. The van der Waals surface area contributed by atoms with Gasteiger partial charge in [0.25, 0.3) is 7.14 Å². The molecule has 0 aromatic heterocycles. The highest BCUT2D eigenvalue weighted by Gasteiger charge is 2.47. The zero-order valence-electron chi connectivity index (χ0n) is 27.0. The van der Waals surface area contributed by atoms with E-state index in [1.807, 2.05) is 65.8 Å². The van der Waals surface area contributed by atoms with E-state index in [1.165, 1.54) is 0 Å². The number of carbonyl (C=O) groups excluding carboxylic acids is 2. The summed E-state index contributed by atoms with van der Waals surface area (Å²) in [5.74, 6) is 1.56. The van der Waals surface area contributed by atoms with E-state index >= 15 is 4.57 Å². The summed E-state index contributed by atoms with van der Waals surface area (Å²) in [6, 6.07) is 12.6. The first-order valence-corrected chi connectivity index (χ1v) is 16.6. The van der Waals surface area contributed by atoms with Crippen LogP contribution in [0.15, 0.2) is 42.5 Å². The van der Waals surface area contributed by atoms with Gasteiger partial charge >= 0.3 is 0 Å². The highest BCUT2D eigenvalue weighted by Crippen LogP contribution is 2.55. The molecular weight excluding hydrogens is 543 g/mol. The Morgan fingerprint density at radius 3 is 1.45 bits per heavy atom. The number of ether oxygens (including phenoxy) is 2. The van der Waals surface area contributed by atoms with Crippen molar-refractivity contribution in [1.82, 2.24) is 0 Å². The predicted octanol–water partition coefficient (Wildman–Crippen LogP) is 9.06. The third-order valence-corrected chi connectivity index (χ3v) is 10.2. The summed E-state index contributed by atoms with van der Waals surface area (Å²) in [5.41, 5.74) is 4.04. The Hall–Kier alpha value is -3.17. The molecule has 0 heterocycles. The van der Waals surface area contributed by atoms with Gasteiger partial charge in [-0.15, -0.1) is 0 Å². The Labute approximate surface area is 252 Å². The van der Waals surface area contributed by atoms with Crippen LogP contribution in [-0.2, 0) is 4.57 Å². The quantitative estimate of drug-likeness (QED) is 0.186. The van der Waals surface area contributed by atoms with Crippen LogP contribution in [0.3, 0.4) is 0 Å². The molecule has 3 aromatic rings. The summed E-state index contributed by atoms with van der Waals surface area (Å²) in [6.07, 6.45) is 1.60. The third-order valence-electron chi connectivity index (χ3n) is 7.54. The summed E-state index contributed by atoms with van der Waals surface area (Å²) >= 11 is 0. The van der Waals surface area contributed by atoms with Gasteiger partial charge in [-0.2, -0.15) is 0 Å². The first-order chi connectivity index (χ1) is 19.7. The molecule has 0 fully saturated rings. The van der Waals surface area contributed by atoms with Crippen molar-refractivity contribution in [2.75, 3.05) is 13.2 Å². The monoisotopic (exact) mass is 590 g/mol. The Balaban J connectivity index is 2.34. The molecule has 0 bridgehead atoms. The van der Waals surface area contributed by atoms with Crippen molar-refractivity contribution < 1.29 is 23.6 Å². The normalized spacial score (nSPS) is 11.7. The molecule has 0 amide bonds. The van der Waals surface area contributed by atoms with Gasteiger partial charge in [0.05, 0.1) is 18.5 Å². The first kappa shape index (κ1) is 33.3. The van der Waals surface area contributed by atoms with E-state index in [-0.39, 0.29) is 11.1 Å². The summed E-state index contributed by atoms with van der Waals surface area (Å²) in [6.45, 7) is 20.5. The van der Waals surface area contributed by atoms with Crippen LogP contribution in [-0.4, -0.2) is 24.3 Å². The van der Waals surface area contributed by atoms with Crippen LogP contribution >= 0.6 is 7.14 Å². The van der Waals surface area contributed by atoms with Crippen molar-refractivity contribution in [2.24, 2.45) is 11.8 Å². The minimum atomic E-state index is -4.50. The number of benzene rings is 3. The molecule has 0 radical (unpaired) electrons. The molecular formula is C36H47O5P. The number of hydrogen-bond donors (Lipinski definition) is 0. The largest absolute Gasteiger partial charge is 0.494 e. The first-order valence-electron chi connectivity index (χ1n) is 14.9. The molecule has 0 unspecified atom stereocenters. The maximum absolute atomic E-state index is 15.6. The number of aryl methyl sites for hydroxylation is 6. The molecule has 42 heavy (non-hydrogen) atoms. The van der Waals surface area contributed by atoms with Gasteiger partial charge in [0.1, 0.15) is 11.5 Å². The second-order valence-corrected chi connectivity index (χ2v) is 15.0. The van der Waals surface area contributed by atoms with Crippen molar-refractivity contribution in [2.45, 2.75) is 82.1 Å². The summed E-state index contributed by atoms with van der Waals surface area (Å²) in [4.78, 5) is 29.4. The van der Waals surface area contributed by atoms with E-state index in [9.17, 15) is 9.59 Å². The smallest absolute Gasteiger partial charge is 0.252 e. The zero-order valence-corrected chi connectivity index (χ0v) is 27.9. The lowest BCUT2D eigenvalue weighted by atomic mass is 10.0. The molecule has 0 saturated heterocycles. The van der Waals surface area contributed by atoms with Crippen molar-refractivity contribution >= 4 is 23.5 Å². The Morgan fingerprint density at radius 2 is 1.05 bits per heavy atom. The van der Waals surface area contributed by atoms with Gasteiger partial charge in [-0.1, -0.05) is 63.1 Å². The lowest BCUT2D eigenvalue weighted by Gasteiger charge is -2.24. The molecule has 3 rings (SSSR count). The molecule has 0 N–H and O–H groups in total. The van der Waals surface area contributed by atoms with Crippen LogP contribution in [0, 0.1) is 53.4 Å². The van der Waals surface area contributed by atoms with Crippen molar-refractivity contribution in [1.29, 1.82) is 0 Å². The van der Waals surface area contributed by atoms with E-state index in [1.54, 1.807) is 18.2 Å². The lowest BCUT2D eigenvalue weighted by Crippen LogP contribution is -2.25. The molecule has 6 heteroatoms. The Morgan fingerprint density at radius 1 is 0.643 bits per heavy atom. The highest BCUT2D eigenvalue weighted by atomic mass is 31.2. The molecule has 0 aliphatic carbocycles. The van der Waals surface area contributed by atoms with E-state index in [2.05, 4.69) is 27.7 Å². The molecule has 0 aliphatic rings. The van der Waals surface area contributed by atoms with Crippen LogP contribution in [0.1, 0.15) is 94.6 Å². The van der Waals surface area contributed by atoms with E-state index in [0.717, 1.165) is 24.0 Å². The van der Waals surface area contributed by atoms with Gasteiger partial charge in [0.15, 0.2) is 0 Å². The van der Waals surface area contributed by atoms with Crippen LogP contribution in [0.5, 0.6) is 11.5 Å². The van der Waals surface area contributed by atoms with Gasteiger partial charge in [0.2, 0.25) is 11.0 Å². The lowest BCUT2D eigenvalue weighted by molar-refractivity contribution is 0.103. The van der Waals surface area contributed by atoms with Crippen molar-refractivity contribution in [3.63, 3.8) is 0 Å². The third kappa shape index (κ3) is 7.42. The average Bonchev–Trinajstić information content (AvgIpc) is 2.87. The van der Waals surface area contributed by atoms with Crippen molar-refractivity contribution in [3.8, 4) is 11.5 Å². The number of rotatable bonds is 13. The van der Waals surface area contributed by atoms with E-state index in [0.29, 0.717) is 64.2 Å². The molecule has 226 valence electrons. The van der Waals surface area contributed by atoms with Crippen LogP contribution in [0.4, 0.5) is 0 Å². The predicted molar refractivity (Wildman–Crippen MR) is 174 cm³/mol. The van der Waals surface area contributed by atoms with E-state index in [4.69, 9.17) is 9.47 Å². The van der Waals surface area contributed by atoms with E-state index < -0.39 is 18.2 Å². The average molecular weight is 591 g/mol. The topological polar surface area (TPSA) is 69.7 Å². The molecule has 3 aromatic carbocycles. The molecule has 0 aliphatic heterocycles. The Bertz CT molecular complexity index is 1400. The van der Waals surface area contributed by atoms with Crippen LogP contribution in [0.2, 0.25) is 0 Å². The fourth-order valence-electron chi connectivity index (χ4n) is 5.43. The zero-order chi connectivity index (χ0) is 31.4. The van der Waals surface area contributed by atoms with Gasteiger partial charge in [-0.3, -0.25) is 9.59 Å². The second kappa shape index (κ2) is 13.9. The highest BCUT2D eigenvalue weighted by molar-refractivity contribution is 8.01. The Kier molecular flexibility index (Phi) is 11.0. The maximum atomic E-state index is 15.6. The minimum Gasteiger partial charge on any atom is -0.494 e. The fraction of sp³-hybridized carbons (Fsp3) is 0.444. The van der Waals surface area contributed by atoms with Gasteiger partial charge in [-0.25, -0.2) is 0 Å². The van der Waals surface area contributed by atoms with Gasteiger partial charge in [-0.05, 0) is 107 Å². The molecule has 0 atom stereocenters. The molecule has 0 saturated carbocycles. The van der Waals surface area contributed by atoms with Crippen LogP contribution < -0.4 is 14.8 Å². The number of carbonyl (C=O) groups is 2. The van der Waals surface area contributed by atoms with Crippen molar-refractivity contribution in [3.05, 3.63) is 87.0 Å². The van der Waals surface area contributed by atoms with Crippen LogP contribution in [0.25, 0.3) is 0 Å². The maximum Gasteiger partial charge on any atom is 0.252 e. The summed E-state index contributed by atoms with van der Waals surface area (Å²) < 4.78 is 27.9. The van der Waals surface area contributed by atoms with Gasteiger partial charge < -0.3 is 14.0 Å². The second-order valence-electron chi connectivity index (χ2n) is 12.5. The SMILES string of the molecule is Cc1cc(C)c(C(=O)P(=O)(C(=O)c2c(C)cc(C)cc2C)c2cc(OCCC(C)C)ccc2OCCC(C)C)c(C)c1. The fourth-order valence-corrected chi connectivity index (χ4v) is 8.15. The van der Waals surface area contributed by atoms with Gasteiger partial charge in [0, 0.05) is 11.1 Å². The standard InChI is InChI=1S/C36H47O5P/c1-22(2)13-15-40-30-11-12-31(41-16-14-23(3)4)32(21-30)42(39,35(37)33-26(7)17-24(5)18-27(33)8)36(38)34-28(9)19-25(6)20-29(34)10/h11-12,17-23H,13-16H2,1-10H3. The number of hydrogen-bond acceptors (Lipinski definition) is 5. The summed E-state index contributed by atoms with van der Waals surface area (Å²) in [5, 5.41) is 0.0991. The summed E-state index contributed by atoms with van der Waals surface area (Å²) in [7, 11) is -4.50. The minimum absolute atomic E-state index is 0.0991.